The van der Waals surface area contributed by atoms with Gasteiger partial charge in [0.2, 0.25) is 5.82 Å². The number of esters is 1. The summed E-state index contributed by atoms with van der Waals surface area (Å²) in [6.45, 7) is 2.19. The first-order valence-corrected chi connectivity index (χ1v) is 10.7. The fourth-order valence-corrected chi connectivity index (χ4v) is 4.34. The molecule has 3 rings (SSSR count). The molecule has 0 aromatic heterocycles. The van der Waals surface area contributed by atoms with Gasteiger partial charge in [-0.25, -0.2) is 9.18 Å². The first-order valence-electron chi connectivity index (χ1n) is 10.7. The van der Waals surface area contributed by atoms with Gasteiger partial charge >= 0.3 is 5.97 Å². The molecule has 0 amide bonds. The zero-order valence-corrected chi connectivity index (χ0v) is 17.4. The minimum Gasteiger partial charge on any atom is -0.420 e. The highest BCUT2D eigenvalue weighted by molar-refractivity contribution is 5.93. The molecule has 0 atom stereocenters. The van der Waals surface area contributed by atoms with E-state index in [1.165, 1.54) is 56.0 Å². The number of carbonyl (C=O) groups excluding carboxylic acids is 1. The van der Waals surface area contributed by atoms with E-state index in [0.29, 0.717) is 11.5 Å². The fourth-order valence-electron chi connectivity index (χ4n) is 4.34. The summed E-state index contributed by atoms with van der Waals surface area (Å²) in [5.74, 6) is -2.65. The van der Waals surface area contributed by atoms with Gasteiger partial charge in [0, 0.05) is 11.4 Å². The third kappa shape index (κ3) is 5.29. The molecule has 0 radical (unpaired) electrons. The van der Waals surface area contributed by atoms with E-state index < -0.39 is 23.4 Å². The van der Waals surface area contributed by atoms with Crippen molar-refractivity contribution < 1.29 is 18.3 Å². The minimum absolute atomic E-state index is 0.000367. The standard InChI is InChI=1S/C24H30F2N2O2/c1-2-3-4-5-15-6-8-16(9-7-15)20-10-11-21(23(26)22(20)25)30-24(29)17-12-18(27)14-19(28)13-17/h10-16H,2-9,27-28H2,1H3. The molecule has 2 aromatic rings. The number of hydrogen-bond donors (Lipinski definition) is 2. The summed E-state index contributed by atoms with van der Waals surface area (Å²) in [6, 6.07) is 7.11. The van der Waals surface area contributed by atoms with Crippen LogP contribution < -0.4 is 16.2 Å². The Balaban J connectivity index is 1.66. The summed E-state index contributed by atoms with van der Waals surface area (Å²) in [5.41, 5.74) is 12.4. The van der Waals surface area contributed by atoms with Gasteiger partial charge in [-0.1, -0.05) is 38.7 Å². The molecule has 0 unspecified atom stereocenters. The number of benzene rings is 2. The van der Waals surface area contributed by atoms with Crippen molar-refractivity contribution in [3.05, 3.63) is 53.1 Å². The van der Waals surface area contributed by atoms with Crippen LogP contribution in [0.2, 0.25) is 0 Å². The Labute approximate surface area is 176 Å². The van der Waals surface area contributed by atoms with Crippen LogP contribution in [0.3, 0.4) is 0 Å². The molecule has 0 bridgehead atoms. The Kier molecular flexibility index (Phi) is 7.29. The van der Waals surface area contributed by atoms with Crippen LogP contribution in [0.5, 0.6) is 5.75 Å². The van der Waals surface area contributed by atoms with E-state index in [9.17, 15) is 13.6 Å². The maximum absolute atomic E-state index is 14.8. The van der Waals surface area contributed by atoms with E-state index in [0.717, 1.165) is 25.7 Å². The summed E-state index contributed by atoms with van der Waals surface area (Å²) in [4.78, 5) is 12.3. The van der Waals surface area contributed by atoms with E-state index in [-0.39, 0.29) is 22.9 Å². The largest absolute Gasteiger partial charge is 0.420 e. The van der Waals surface area contributed by atoms with E-state index in [4.69, 9.17) is 16.2 Å². The quantitative estimate of drug-likeness (QED) is 0.244. The Hall–Kier alpha value is -2.63. The van der Waals surface area contributed by atoms with Crippen molar-refractivity contribution >= 4 is 17.3 Å². The lowest BCUT2D eigenvalue weighted by Gasteiger charge is -2.29. The van der Waals surface area contributed by atoms with Gasteiger partial charge in [-0.3, -0.25) is 0 Å². The van der Waals surface area contributed by atoms with Crippen LogP contribution in [0.1, 0.15) is 80.1 Å². The Morgan fingerprint density at radius 1 is 1.00 bits per heavy atom. The Morgan fingerprint density at radius 2 is 1.67 bits per heavy atom. The molecule has 162 valence electrons. The molecular formula is C24H30F2N2O2. The number of halogens is 2. The number of ether oxygens (including phenoxy) is 1. The van der Waals surface area contributed by atoms with Crippen molar-refractivity contribution in [3.63, 3.8) is 0 Å². The van der Waals surface area contributed by atoms with E-state index in [1.807, 2.05) is 0 Å². The summed E-state index contributed by atoms with van der Waals surface area (Å²) >= 11 is 0. The van der Waals surface area contributed by atoms with Gasteiger partial charge in [0.05, 0.1) is 5.56 Å². The topological polar surface area (TPSA) is 78.3 Å². The van der Waals surface area contributed by atoms with Gasteiger partial charge in [-0.15, -0.1) is 0 Å². The third-order valence-corrected chi connectivity index (χ3v) is 6.00. The van der Waals surface area contributed by atoms with Crippen LogP contribution in [0.4, 0.5) is 20.2 Å². The Morgan fingerprint density at radius 3 is 2.30 bits per heavy atom. The number of unbranched alkanes of at least 4 members (excludes halogenated alkanes) is 2. The first kappa shape index (κ1) is 22.1. The zero-order valence-electron chi connectivity index (χ0n) is 17.4. The van der Waals surface area contributed by atoms with Gasteiger partial charge in [0.1, 0.15) is 0 Å². The van der Waals surface area contributed by atoms with Gasteiger partial charge in [-0.2, -0.15) is 4.39 Å². The highest BCUT2D eigenvalue weighted by atomic mass is 19.2. The van der Waals surface area contributed by atoms with Gasteiger partial charge in [-0.05, 0) is 67.3 Å². The summed E-state index contributed by atoms with van der Waals surface area (Å²) in [7, 11) is 0. The number of hydrogen-bond acceptors (Lipinski definition) is 4. The minimum atomic E-state index is -1.14. The van der Waals surface area contributed by atoms with Gasteiger partial charge < -0.3 is 16.2 Å². The second-order valence-corrected chi connectivity index (χ2v) is 8.27. The predicted molar refractivity (Wildman–Crippen MR) is 115 cm³/mol. The fraction of sp³-hybridized carbons (Fsp3) is 0.458. The molecule has 1 saturated carbocycles. The average molecular weight is 417 g/mol. The average Bonchev–Trinajstić information content (AvgIpc) is 2.72. The molecule has 6 heteroatoms. The molecular weight excluding hydrogens is 386 g/mol. The second kappa shape index (κ2) is 9.92. The van der Waals surface area contributed by atoms with Crippen LogP contribution >= 0.6 is 0 Å². The van der Waals surface area contributed by atoms with Crippen LogP contribution in [0.15, 0.2) is 30.3 Å². The monoisotopic (exact) mass is 416 g/mol. The van der Waals surface area contributed by atoms with E-state index in [1.54, 1.807) is 0 Å². The molecule has 1 fully saturated rings. The summed E-state index contributed by atoms with van der Waals surface area (Å²) < 4.78 is 34.5. The highest BCUT2D eigenvalue weighted by Crippen LogP contribution is 2.40. The van der Waals surface area contributed by atoms with Crippen molar-refractivity contribution in [2.75, 3.05) is 11.5 Å². The van der Waals surface area contributed by atoms with Crippen molar-refractivity contribution in [1.29, 1.82) is 0 Å². The second-order valence-electron chi connectivity index (χ2n) is 8.27. The predicted octanol–water partition coefficient (Wildman–Crippen LogP) is 6.20. The van der Waals surface area contributed by atoms with E-state index >= 15 is 0 Å². The number of nitrogens with two attached hydrogens (primary N) is 2. The molecule has 4 N–H and O–H groups in total. The summed E-state index contributed by atoms with van der Waals surface area (Å²) in [5, 5.41) is 0. The molecule has 0 saturated heterocycles. The smallest absolute Gasteiger partial charge is 0.343 e. The van der Waals surface area contributed by atoms with Crippen LogP contribution in [-0.4, -0.2) is 5.97 Å². The van der Waals surface area contributed by atoms with Crippen molar-refractivity contribution in [2.24, 2.45) is 5.92 Å². The number of anilines is 2. The zero-order chi connectivity index (χ0) is 21.7. The van der Waals surface area contributed by atoms with Crippen molar-refractivity contribution in [1.82, 2.24) is 0 Å². The SMILES string of the molecule is CCCCCC1CCC(c2ccc(OC(=O)c3cc(N)cc(N)c3)c(F)c2F)CC1. The third-order valence-electron chi connectivity index (χ3n) is 6.00. The molecule has 1 aliphatic rings. The summed E-state index contributed by atoms with van der Waals surface area (Å²) in [6.07, 6.45) is 8.73. The molecule has 2 aromatic carbocycles. The molecule has 1 aliphatic carbocycles. The Bertz CT molecular complexity index is 873. The lowest BCUT2D eigenvalue weighted by molar-refractivity contribution is 0.0726. The van der Waals surface area contributed by atoms with Gasteiger partial charge in [0.15, 0.2) is 11.6 Å². The number of carbonyl (C=O) groups is 1. The molecule has 0 heterocycles. The molecule has 0 spiro atoms. The highest BCUT2D eigenvalue weighted by Gasteiger charge is 2.27. The number of rotatable bonds is 7. The first-order chi connectivity index (χ1) is 14.4. The maximum atomic E-state index is 14.8. The van der Waals surface area contributed by atoms with E-state index in [2.05, 4.69) is 6.92 Å². The lowest BCUT2D eigenvalue weighted by Crippen LogP contribution is -2.16. The normalized spacial score (nSPS) is 18.9. The van der Waals surface area contributed by atoms with Gasteiger partial charge in [0.25, 0.3) is 0 Å². The molecule has 0 aliphatic heterocycles. The number of nitrogen functional groups attached to an aromatic ring is 2. The van der Waals surface area contributed by atoms with Crippen molar-refractivity contribution in [3.8, 4) is 5.75 Å². The van der Waals surface area contributed by atoms with Crippen LogP contribution in [-0.2, 0) is 0 Å². The van der Waals surface area contributed by atoms with Crippen LogP contribution in [0.25, 0.3) is 0 Å². The molecule has 30 heavy (non-hydrogen) atoms. The maximum Gasteiger partial charge on any atom is 0.343 e. The van der Waals surface area contributed by atoms with Crippen molar-refractivity contribution in [2.45, 2.75) is 64.2 Å². The van der Waals surface area contributed by atoms with Crippen LogP contribution in [0, 0.1) is 17.6 Å². The molecule has 4 nitrogen and oxygen atoms in total. The lowest BCUT2D eigenvalue weighted by atomic mass is 9.77.